The Balaban J connectivity index is 1.89. The van der Waals surface area contributed by atoms with Crippen molar-refractivity contribution in [2.45, 2.75) is 40.5 Å². The number of benzene rings is 1. The molecule has 0 bridgehead atoms. The number of hydrogen-bond acceptors (Lipinski definition) is 4. The lowest BCUT2D eigenvalue weighted by Crippen LogP contribution is -2.38. The van der Waals surface area contributed by atoms with Crippen LogP contribution in [-0.4, -0.2) is 37.7 Å². The summed E-state index contributed by atoms with van der Waals surface area (Å²) in [6.07, 6.45) is 1.82. The lowest BCUT2D eigenvalue weighted by atomic mass is 10.1. The van der Waals surface area contributed by atoms with E-state index in [9.17, 15) is 0 Å². The Hall–Kier alpha value is -2.08. The van der Waals surface area contributed by atoms with E-state index in [2.05, 4.69) is 55.4 Å². The summed E-state index contributed by atoms with van der Waals surface area (Å²) in [6.45, 7) is 10.7. The number of nitrogens with zero attached hydrogens (tertiary/aromatic N) is 2. The topological polar surface area (TPSA) is 58.5 Å². The highest BCUT2D eigenvalue weighted by atomic mass is 32.1. The average Bonchev–Trinajstić information content (AvgIpc) is 2.92. The van der Waals surface area contributed by atoms with Gasteiger partial charge in [-0.1, -0.05) is 17.7 Å². The van der Waals surface area contributed by atoms with Gasteiger partial charge < -0.3 is 15.4 Å². The predicted octanol–water partition coefficient (Wildman–Crippen LogP) is 3.42. The van der Waals surface area contributed by atoms with Crippen LogP contribution in [0.5, 0.6) is 5.75 Å². The molecule has 0 saturated heterocycles. The molecule has 0 aliphatic heterocycles. The average molecular weight is 375 g/mol. The van der Waals surface area contributed by atoms with Crippen LogP contribution in [0.2, 0.25) is 0 Å². The van der Waals surface area contributed by atoms with Gasteiger partial charge in [0, 0.05) is 30.9 Å². The van der Waals surface area contributed by atoms with Crippen LogP contribution in [0.4, 0.5) is 0 Å². The second-order valence-corrected chi connectivity index (χ2v) is 7.53. The summed E-state index contributed by atoms with van der Waals surface area (Å²) < 4.78 is 5.45. The van der Waals surface area contributed by atoms with Gasteiger partial charge in [0.15, 0.2) is 5.96 Å². The summed E-state index contributed by atoms with van der Waals surface area (Å²) in [5, 5.41) is 7.85. The van der Waals surface area contributed by atoms with Gasteiger partial charge in [-0.05, 0) is 45.7 Å². The molecule has 2 N–H and O–H groups in total. The molecule has 5 nitrogen and oxygen atoms in total. The third kappa shape index (κ3) is 6.02. The molecule has 1 aromatic heterocycles. The molecule has 1 aromatic carbocycles. The second-order valence-electron chi connectivity index (χ2n) is 6.24. The smallest absolute Gasteiger partial charge is 0.191 e. The number of methoxy groups -OCH3 is 1. The zero-order valence-electron chi connectivity index (χ0n) is 16.5. The Morgan fingerprint density at radius 2 is 2.00 bits per heavy atom. The van der Waals surface area contributed by atoms with Crippen molar-refractivity contribution in [1.82, 2.24) is 15.6 Å². The van der Waals surface area contributed by atoms with Crippen LogP contribution in [0.15, 0.2) is 23.2 Å². The number of thiazole rings is 1. The number of aliphatic imine (C=N–C) groups is 1. The number of hydrogen-bond donors (Lipinski definition) is 2. The number of ether oxygens (including phenoxy) is 1. The van der Waals surface area contributed by atoms with Crippen LogP contribution in [-0.2, 0) is 12.8 Å². The summed E-state index contributed by atoms with van der Waals surface area (Å²) in [7, 11) is 1.72. The molecule has 0 atom stereocenters. The fourth-order valence-corrected chi connectivity index (χ4v) is 3.76. The van der Waals surface area contributed by atoms with Gasteiger partial charge in [0.05, 0.1) is 17.8 Å². The molecule has 0 aliphatic carbocycles. The van der Waals surface area contributed by atoms with Crippen molar-refractivity contribution in [3.63, 3.8) is 0 Å². The van der Waals surface area contributed by atoms with Gasteiger partial charge in [-0.3, -0.25) is 4.99 Å². The number of rotatable bonds is 8. The Labute approximate surface area is 160 Å². The highest BCUT2D eigenvalue weighted by molar-refractivity contribution is 7.11. The van der Waals surface area contributed by atoms with Crippen LogP contribution < -0.4 is 15.4 Å². The molecule has 0 aliphatic rings. The molecule has 0 saturated carbocycles. The van der Waals surface area contributed by atoms with Gasteiger partial charge in [-0.25, -0.2) is 4.98 Å². The van der Waals surface area contributed by atoms with Crippen LogP contribution in [0.1, 0.15) is 33.6 Å². The monoisotopic (exact) mass is 374 g/mol. The van der Waals surface area contributed by atoms with E-state index in [-0.39, 0.29) is 0 Å². The van der Waals surface area contributed by atoms with E-state index in [0.717, 1.165) is 54.9 Å². The summed E-state index contributed by atoms with van der Waals surface area (Å²) >= 11 is 1.76. The third-order valence-electron chi connectivity index (χ3n) is 4.08. The van der Waals surface area contributed by atoms with E-state index in [0.29, 0.717) is 0 Å². The number of nitrogens with one attached hydrogen (secondary N) is 2. The molecule has 2 rings (SSSR count). The van der Waals surface area contributed by atoms with Crippen LogP contribution in [0.25, 0.3) is 0 Å². The van der Waals surface area contributed by atoms with E-state index in [4.69, 9.17) is 9.73 Å². The molecule has 6 heteroatoms. The SMILES string of the molecule is CCNC(=NCCc1sc(C)nc1C)NCCc1cc(C)ccc1OC. The fraction of sp³-hybridized carbons (Fsp3) is 0.500. The lowest BCUT2D eigenvalue weighted by molar-refractivity contribution is 0.409. The highest BCUT2D eigenvalue weighted by Gasteiger charge is 2.06. The first-order valence-corrected chi connectivity index (χ1v) is 9.93. The Morgan fingerprint density at radius 3 is 2.65 bits per heavy atom. The fourth-order valence-electron chi connectivity index (χ4n) is 2.83. The van der Waals surface area contributed by atoms with Crippen molar-refractivity contribution in [3.05, 3.63) is 44.9 Å². The number of aryl methyl sites for hydroxylation is 3. The van der Waals surface area contributed by atoms with Gasteiger partial charge >= 0.3 is 0 Å². The number of aromatic nitrogens is 1. The van der Waals surface area contributed by atoms with E-state index < -0.39 is 0 Å². The van der Waals surface area contributed by atoms with Crippen LogP contribution >= 0.6 is 11.3 Å². The summed E-state index contributed by atoms with van der Waals surface area (Å²) in [6, 6.07) is 6.28. The van der Waals surface area contributed by atoms with Crippen molar-refractivity contribution in [2.75, 3.05) is 26.7 Å². The minimum Gasteiger partial charge on any atom is -0.496 e. The van der Waals surface area contributed by atoms with Crippen molar-refractivity contribution < 1.29 is 4.74 Å². The molecule has 1 heterocycles. The first kappa shape index (κ1) is 20.2. The molecule has 142 valence electrons. The van der Waals surface area contributed by atoms with E-state index in [1.807, 2.05) is 6.07 Å². The maximum Gasteiger partial charge on any atom is 0.191 e. The van der Waals surface area contributed by atoms with Gasteiger partial charge in [-0.15, -0.1) is 11.3 Å². The van der Waals surface area contributed by atoms with Gasteiger partial charge in [-0.2, -0.15) is 0 Å². The lowest BCUT2D eigenvalue weighted by Gasteiger charge is -2.13. The number of guanidine groups is 1. The molecule has 0 fully saturated rings. The maximum atomic E-state index is 5.45. The predicted molar refractivity (Wildman–Crippen MR) is 111 cm³/mol. The zero-order valence-corrected chi connectivity index (χ0v) is 17.3. The largest absolute Gasteiger partial charge is 0.496 e. The summed E-state index contributed by atoms with van der Waals surface area (Å²) in [5.74, 6) is 1.80. The van der Waals surface area contributed by atoms with Gasteiger partial charge in [0.25, 0.3) is 0 Å². The van der Waals surface area contributed by atoms with Crippen molar-refractivity contribution in [3.8, 4) is 5.75 Å². The Morgan fingerprint density at radius 1 is 1.19 bits per heavy atom. The molecule has 0 spiro atoms. The standard InChI is InChI=1S/C20H30N4OS/c1-6-21-20(23-12-10-19-15(3)24-16(4)26-19)22-11-9-17-13-14(2)7-8-18(17)25-5/h7-8,13H,6,9-12H2,1-5H3,(H2,21,22,23). The maximum absolute atomic E-state index is 5.45. The molecule has 0 radical (unpaired) electrons. The van der Waals surface area contributed by atoms with Crippen molar-refractivity contribution >= 4 is 17.3 Å². The van der Waals surface area contributed by atoms with Crippen LogP contribution in [0, 0.1) is 20.8 Å². The van der Waals surface area contributed by atoms with Crippen molar-refractivity contribution in [2.24, 2.45) is 4.99 Å². The normalized spacial score (nSPS) is 11.5. The second kappa shape index (κ2) is 10.2. The minimum atomic E-state index is 0.756. The third-order valence-corrected chi connectivity index (χ3v) is 5.21. The van der Waals surface area contributed by atoms with Gasteiger partial charge in [0.2, 0.25) is 0 Å². The first-order chi connectivity index (χ1) is 12.5. The molecular formula is C20H30N4OS. The quantitative estimate of drug-likeness (QED) is 0.549. The molecule has 2 aromatic rings. The highest BCUT2D eigenvalue weighted by Crippen LogP contribution is 2.20. The Kier molecular flexibility index (Phi) is 7.91. The van der Waals surface area contributed by atoms with E-state index in [1.54, 1.807) is 18.4 Å². The Bertz CT molecular complexity index is 739. The molecule has 0 amide bonds. The van der Waals surface area contributed by atoms with E-state index >= 15 is 0 Å². The van der Waals surface area contributed by atoms with Gasteiger partial charge in [0.1, 0.15) is 5.75 Å². The molecule has 0 unspecified atom stereocenters. The molecular weight excluding hydrogens is 344 g/mol. The minimum absolute atomic E-state index is 0.756. The summed E-state index contributed by atoms with van der Waals surface area (Å²) in [5.41, 5.74) is 3.59. The van der Waals surface area contributed by atoms with Crippen LogP contribution in [0.3, 0.4) is 0 Å². The summed E-state index contributed by atoms with van der Waals surface area (Å²) in [4.78, 5) is 10.5. The molecule has 26 heavy (non-hydrogen) atoms. The zero-order chi connectivity index (χ0) is 18.9. The van der Waals surface area contributed by atoms with Crippen molar-refractivity contribution in [1.29, 1.82) is 0 Å². The first-order valence-electron chi connectivity index (χ1n) is 9.12. The van der Waals surface area contributed by atoms with E-state index in [1.165, 1.54) is 16.0 Å².